The molecule has 32 heavy (non-hydrogen) atoms. The smallest absolute Gasteiger partial charge is 0.390 e. The molecule has 2 unspecified atom stereocenters. The van der Waals surface area contributed by atoms with Crippen LogP contribution in [0.2, 0.25) is 5.02 Å². The number of phosphoric acid groups is 3. The van der Waals surface area contributed by atoms with Crippen LogP contribution >= 0.6 is 35.1 Å². The number of nitrogens with zero attached hydrogens (tertiary/aromatic N) is 3. The molecule has 7 N–H and O–H groups in total. The number of halogens is 1. The first-order valence-electron chi connectivity index (χ1n) is 8.43. The summed E-state index contributed by atoms with van der Waals surface area (Å²) in [5, 5.41) is 11.0. The first-order valence-corrected chi connectivity index (χ1v) is 13.3. The molecule has 0 amide bonds. The summed E-state index contributed by atoms with van der Waals surface area (Å²) in [6.45, 7) is 0.484. The minimum atomic E-state index is -5.67. The second kappa shape index (κ2) is 8.67. The van der Waals surface area contributed by atoms with E-state index in [0.29, 0.717) is 11.0 Å². The van der Waals surface area contributed by atoms with Crippen LogP contribution in [0.4, 0.5) is 5.82 Å². The summed E-state index contributed by atoms with van der Waals surface area (Å²) in [5.41, 5.74) is 4.47. The fraction of sp³-hybridized carbons (Fsp3) is 0.500. The Kier molecular flexibility index (Phi) is 6.96. The van der Waals surface area contributed by atoms with E-state index in [2.05, 4.69) is 23.1 Å². The summed E-state index contributed by atoms with van der Waals surface area (Å²) in [7, 11) is -16.6. The highest BCUT2D eigenvalue weighted by Crippen LogP contribution is 2.66. The van der Waals surface area contributed by atoms with Crippen molar-refractivity contribution in [2.75, 3.05) is 12.3 Å². The summed E-state index contributed by atoms with van der Waals surface area (Å²) in [4.78, 5) is 43.8. The van der Waals surface area contributed by atoms with E-state index in [1.54, 1.807) is 0 Å². The minimum Gasteiger partial charge on any atom is -0.390 e. The van der Waals surface area contributed by atoms with Crippen LogP contribution in [0.25, 0.3) is 11.0 Å². The highest BCUT2D eigenvalue weighted by Gasteiger charge is 2.48. The lowest BCUT2D eigenvalue weighted by Crippen LogP contribution is -2.40. The van der Waals surface area contributed by atoms with Crippen molar-refractivity contribution in [1.82, 2.24) is 14.5 Å². The van der Waals surface area contributed by atoms with Crippen molar-refractivity contribution >= 4 is 51.9 Å². The second-order valence-electron chi connectivity index (χ2n) is 6.84. The molecule has 5 atom stereocenters. The molecular weight excluding hydrogens is 521 g/mol. The number of ether oxygens (including phenoxy) is 1. The quantitative estimate of drug-likeness (QED) is 0.257. The maximum absolute atomic E-state index is 11.9. The Balaban J connectivity index is 1.74. The third-order valence-corrected chi connectivity index (χ3v) is 8.44. The van der Waals surface area contributed by atoms with Gasteiger partial charge in [0, 0.05) is 12.6 Å². The van der Waals surface area contributed by atoms with Gasteiger partial charge >= 0.3 is 23.5 Å². The zero-order valence-corrected chi connectivity index (χ0v) is 19.4. The number of hydrogen-bond acceptors (Lipinski definition) is 11. The molecule has 1 saturated heterocycles. The van der Waals surface area contributed by atoms with Gasteiger partial charge in [-0.25, -0.2) is 23.7 Å². The third-order valence-electron chi connectivity index (χ3n) is 4.37. The summed E-state index contributed by atoms with van der Waals surface area (Å²) in [6.07, 6.45) is 0.465. The topological polar surface area (TPSA) is 246 Å². The Morgan fingerprint density at radius 3 is 2.53 bits per heavy atom. The number of phosphoric ester groups is 1. The van der Waals surface area contributed by atoms with E-state index in [1.165, 1.54) is 24.0 Å². The van der Waals surface area contributed by atoms with Crippen LogP contribution in [0.5, 0.6) is 0 Å². The molecule has 1 aliphatic heterocycles. The normalized spacial score (nSPS) is 28.0. The maximum atomic E-state index is 11.9. The molecule has 1 aliphatic rings. The van der Waals surface area contributed by atoms with Gasteiger partial charge in [0.05, 0.1) is 23.1 Å². The molecule has 16 nitrogen and oxygen atoms in total. The fourth-order valence-corrected chi connectivity index (χ4v) is 6.37. The predicted octanol–water partition coefficient (Wildman–Crippen LogP) is 1.05. The molecule has 2 aromatic rings. The molecule has 3 heterocycles. The van der Waals surface area contributed by atoms with Crippen LogP contribution in [0.15, 0.2) is 12.5 Å². The number of anilines is 1. The van der Waals surface area contributed by atoms with Crippen molar-refractivity contribution < 1.29 is 56.3 Å². The van der Waals surface area contributed by atoms with Crippen LogP contribution in [0, 0.1) is 0 Å². The Hall–Kier alpha value is -0.960. The van der Waals surface area contributed by atoms with Gasteiger partial charge in [-0.15, -0.1) is 0 Å². The van der Waals surface area contributed by atoms with E-state index in [0.717, 1.165) is 0 Å². The average molecular weight is 539 g/mol. The van der Waals surface area contributed by atoms with E-state index in [-0.39, 0.29) is 17.3 Å². The van der Waals surface area contributed by atoms with Crippen LogP contribution in [-0.2, 0) is 31.6 Å². The van der Waals surface area contributed by atoms with Crippen molar-refractivity contribution in [3.8, 4) is 0 Å². The lowest BCUT2D eigenvalue weighted by Gasteiger charge is -2.28. The predicted molar refractivity (Wildman–Crippen MR) is 106 cm³/mol. The van der Waals surface area contributed by atoms with Crippen LogP contribution in [0.3, 0.4) is 0 Å². The van der Waals surface area contributed by atoms with E-state index < -0.39 is 48.0 Å². The van der Waals surface area contributed by atoms with Gasteiger partial charge in [0.15, 0.2) is 0 Å². The molecule has 0 radical (unpaired) electrons. The van der Waals surface area contributed by atoms with Crippen LogP contribution in [-0.4, -0.2) is 57.5 Å². The molecule has 0 bridgehead atoms. The monoisotopic (exact) mass is 538 g/mol. The first kappa shape index (κ1) is 25.7. The van der Waals surface area contributed by atoms with E-state index >= 15 is 0 Å². The largest absolute Gasteiger partial charge is 0.490 e. The van der Waals surface area contributed by atoms with Gasteiger partial charge in [-0.05, 0) is 6.92 Å². The van der Waals surface area contributed by atoms with Crippen molar-refractivity contribution in [3.05, 3.63) is 17.5 Å². The van der Waals surface area contributed by atoms with Crippen LogP contribution < -0.4 is 5.73 Å². The van der Waals surface area contributed by atoms with Crippen molar-refractivity contribution in [1.29, 1.82) is 0 Å². The Bertz CT molecular complexity index is 1170. The number of aromatic nitrogens is 3. The second-order valence-corrected chi connectivity index (χ2v) is 11.7. The lowest BCUT2D eigenvalue weighted by atomic mass is 10.0. The molecule has 1 fully saturated rings. The Morgan fingerprint density at radius 1 is 1.25 bits per heavy atom. The zero-order valence-electron chi connectivity index (χ0n) is 16.0. The van der Waals surface area contributed by atoms with Gasteiger partial charge in [0.25, 0.3) is 0 Å². The molecule has 0 aromatic carbocycles. The van der Waals surface area contributed by atoms with Gasteiger partial charge < -0.3 is 39.7 Å². The van der Waals surface area contributed by atoms with Crippen molar-refractivity contribution in [2.45, 2.75) is 31.3 Å². The van der Waals surface area contributed by atoms with E-state index in [4.69, 9.17) is 31.9 Å². The average Bonchev–Trinajstić information content (AvgIpc) is 3.09. The Morgan fingerprint density at radius 2 is 1.91 bits per heavy atom. The number of hydrogen-bond donors (Lipinski definition) is 6. The first-order chi connectivity index (χ1) is 14.5. The molecule has 3 rings (SSSR count). The molecular formula is C12H18ClN4O12P3. The van der Waals surface area contributed by atoms with E-state index in [1.807, 2.05) is 0 Å². The number of aliphatic hydroxyl groups is 1. The standard InChI is InChI=1S/C12H18ClN4O12P3/c1-12(4-26-31(22,23)29-32(24,25)28-30(19,20)21)7(18)2-8(27-12)17-3-6(13)9-10(14)15-5-16-11(9)17/h3,5,7-8,18H,2,4H2,1H3,(H,22,23)(H,24,25)(H2,14,15,16)(H2,19,20,21)/t7-,8+,12+/m0/s1. The summed E-state index contributed by atoms with van der Waals surface area (Å²) in [5.74, 6) is 0.118. The van der Waals surface area contributed by atoms with Gasteiger partial charge in [0.1, 0.15) is 29.6 Å². The zero-order chi connectivity index (χ0) is 24.1. The molecule has 0 saturated carbocycles. The van der Waals surface area contributed by atoms with Crippen molar-refractivity contribution in [2.24, 2.45) is 0 Å². The maximum Gasteiger partial charge on any atom is 0.490 e. The van der Waals surface area contributed by atoms with Gasteiger partial charge in [-0.2, -0.15) is 8.62 Å². The minimum absolute atomic E-state index is 0.0414. The third kappa shape index (κ3) is 5.75. The lowest BCUT2D eigenvalue weighted by molar-refractivity contribution is -0.112. The number of nitrogen functional groups attached to an aromatic ring is 1. The fourth-order valence-electron chi connectivity index (χ4n) is 2.97. The summed E-state index contributed by atoms with van der Waals surface area (Å²) < 4.78 is 53.1. The Labute approximate surface area is 184 Å². The van der Waals surface area contributed by atoms with Gasteiger partial charge in [-0.3, -0.25) is 4.52 Å². The highest BCUT2D eigenvalue weighted by atomic mass is 35.5. The number of fused-ring (bicyclic) bond motifs is 1. The van der Waals surface area contributed by atoms with Crippen molar-refractivity contribution in [3.63, 3.8) is 0 Å². The molecule has 180 valence electrons. The number of aliphatic hydroxyl groups excluding tert-OH is 1. The molecule has 2 aromatic heterocycles. The van der Waals surface area contributed by atoms with Gasteiger partial charge in [-0.1, -0.05) is 11.6 Å². The molecule has 0 spiro atoms. The number of rotatable bonds is 8. The van der Waals surface area contributed by atoms with Crippen LogP contribution in [0.1, 0.15) is 19.6 Å². The summed E-state index contributed by atoms with van der Waals surface area (Å²) >= 11 is 6.17. The highest BCUT2D eigenvalue weighted by molar-refractivity contribution is 7.66. The SMILES string of the molecule is C[C@]1(COP(=O)(O)OP(=O)(O)OP(=O)(O)O)O[C@@H](n2cc(Cl)c3c(N)ncnc32)C[C@@H]1O. The molecule has 0 aliphatic carbocycles. The number of nitrogens with two attached hydrogens (primary N) is 1. The van der Waals surface area contributed by atoms with E-state index in [9.17, 15) is 28.6 Å². The molecule has 20 heteroatoms. The summed E-state index contributed by atoms with van der Waals surface area (Å²) in [6, 6.07) is 0. The van der Waals surface area contributed by atoms with Gasteiger partial charge in [0.2, 0.25) is 0 Å².